The van der Waals surface area contributed by atoms with Crippen molar-refractivity contribution in [3.8, 4) is 0 Å². The van der Waals surface area contributed by atoms with E-state index in [1.165, 1.54) is 0 Å². The van der Waals surface area contributed by atoms with Gasteiger partial charge >= 0.3 is 0 Å². The maximum atomic E-state index is 11.9. The van der Waals surface area contributed by atoms with Crippen molar-refractivity contribution in [3.05, 3.63) is 21.3 Å². The van der Waals surface area contributed by atoms with Crippen molar-refractivity contribution in [1.29, 1.82) is 0 Å². The van der Waals surface area contributed by atoms with Gasteiger partial charge in [-0.2, -0.15) is 0 Å². The SMILES string of the molecule is NS(=O)(=O)CC1CC(=O)N(c2cc(Br)nc(Br)c2)C1. The number of halogens is 2. The Kier molecular flexibility index (Phi) is 4.29. The van der Waals surface area contributed by atoms with Crippen LogP contribution in [0, 0.1) is 5.92 Å². The van der Waals surface area contributed by atoms with E-state index in [9.17, 15) is 13.2 Å². The van der Waals surface area contributed by atoms with Crippen LogP contribution in [0.4, 0.5) is 5.69 Å². The Morgan fingerprint density at radius 1 is 1.37 bits per heavy atom. The van der Waals surface area contributed by atoms with Crippen molar-refractivity contribution in [2.45, 2.75) is 6.42 Å². The van der Waals surface area contributed by atoms with Gasteiger partial charge in [-0.1, -0.05) is 0 Å². The molecule has 1 aliphatic heterocycles. The Bertz CT molecular complexity index is 600. The number of anilines is 1. The molecule has 0 radical (unpaired) electrons. The van der Waals surface area contributed by atoms with Crippen molar-refractivity contribution in [1.82, 2.24) is 4.98 Å². The zero-order valence-corrected chi connectivity index (χ0v) is 13.7. The predicted octanol–water partition coefficient (Wildman–Crippen LogP) is 1.25. The van der Waals surface area contributed by atoms with Crippen molar-refractivity contribution in [3.63, 3.8) is 0 Å². The number of nitrogens with zero attached hydrogens (tertiary/aromatic N) is 2. The first kappa shape index (κ1) is 14.9. The fourth-order valence-corrected chi connectivity index (χ4v) is 4.05. The average Bonchev–Trinajstić information content (AvgIpc) is 2.54. The Balaban J connectivity index is 2.20. The van der Waals surface area contributed by atoms with E-state index in [4.69, 9.17) is 5.14 Å². The first-order chi connectivity index (χ1) is 8.74. The molecule has 1 aromatic heterocycles. The van der Waals surface area contributed by atoms with Crippen LogP contribution in [0.5, 0.6) is 0 Å². The van der Waals surface area contributed by atoms with Crippen LogP contribution in [0.15, 0.2) is 21.3 Å². The van der Waals surface area contributed by atoms with Gasteiger partial charge < -0.3 is 4.90 Å². The maximum Gasteiger partial charge on any atom is 0.227 e. The molecule has 104 valence electrons. The van der Waals surface area contributed by atoms with Gasteiger partial charge in [0.1, 0.15) is 9.21 Å². The minimum absolute atomic E-state index is 0.112. The smallest absolute Gasteiger partial charge is 0.227 e. The first-order valence-corrected chi connectivity index (χ1v) is 8.68. The summed E-state index contributed by atoms with van der Waals surface area (Å²) in [5, 5.41) is 5.01. The molecule has 1 amide bonds. The van der Waals surface area contributed by atoms with E-state index in [0.717, 1.165) is 0 Å². The number of pyridine rings is 1. The minimum atomic E-state index is -3.56. The lowest BCUT2D eigenvalue weighted by Gasteiger charge is -2.17. The van der Waals surface area contributed by atoms with Crippen LogP contribution >= 0.6 is 31.9 Å². The van der Waals surface area contributed by atoms with Gasteiger partial charge in [0.05, 0.1) is 5.75 Å². The van der Waals surface area contributed by atoms with Gasteiger partial charge in [0.15, 0.2) is 0 Å². The van der Waals surface area contributed by atoms with Gasteiger partial charge in [0.25, 0.3) is 0 Å². The molecule has 0 aliphatic carbocycles. The average molecular weight is 413 g/mol. The predicted molar refractivity (Wildman–Crippen MR) is 78.1 cm³/mol. The highest BCUT2D eigenvalue weighted by Crippen LogP contribution is 2.29. The van der Waals surface area contributed by atoms with E-state index in [-0.39, 0.29) is 24.0 Å². The summed E-state index contributed by atoms with van der Waals surface area (Å²) in [6.45, 7) is 0.345. The second-order valence-corrected chi connectivity index (χ2v) is 7.66. The molecule has 1 aromatic rings. The second-order valence-electron chi connectivity index (χ2n) is 4.37. The Morgan fingerprint density at radius 3 is 2.47 bits per heavy atom. The lowest BCUT2D eigenvalue weighted by Crippen LogP contribution is -2.27. The summed E-state index contributed by atoms with van der Waals surface area (Å²) in [7, 11) is -3.56. The lowest BCUT2D eigenvalue weighted by atomic mass is 10.1. The summed E-state index contributed by atoms with van der Waals surface area (Å²) in [5.74, 6) is -0.560. The van der Waals surface area contributed by atoms with Gasteiger partial charge in [-0.05, 0) is 44.0 Å². The monoisotopic (exact) mass is 411 g/mol. The number of sulfonamides is 1. The molecule has 0 spiro atoms. The highest BCUT2D eigenvalue weighted by atomic mass is 79.9. The highest BCUT2D eigenvalue weighted by Gasteiger charge is 2.33. The molecule has 1 saturated heterocycles. The minimum Gasteiger partial charge on any atom is -0.312 e. The van der Waals surface area contributed by atoms with Crippen LogP contribution in [0.2, 0.25) is 0 Å². The quantitative estimate of drug-likeness (QED) is 0.756. The molecule has 19 heavy (non-hydrogen) atoms. The van der Waals surface area contributed by atoms with Crippen LogP contribution < -0.4 is 10.0 Å². The molecule has 1 unspecified atom stereocenters. The van der Waals surface area contributed by atoms with Crippen LogP contribution in [-0.2, 0) is 14.8 Å². The Morgan fingerprint density at radius 2 is 1.95 bits per heavy atom. The van der Waals surface area contributed by atoms with E-state index >= 15 is 0 Å². The second kappa shape index (κ2) is 5.47. The maximum absolute atomic E-state index is 11.9. The molecule has 1 fully saturated rings. The van der Waals surface area contributed by atoms with Gasteiger partial charge in [0, 0.05) is 24.6 Å². The number of aromatic nitrogens is 1. The normalized spacial score (nSPS) is 20.1. The Labute approximate surface area is 127 Å². The topological polar surface area (TPSA) is 93.4 Å². The summed E-state index contributed by atoms with van der Waals surface area (Å²) in [6.07, 6.45) is 0.188. The fraction of sp³-hybridized carbons (Fsp3) is 0.400. The van der Waals surface area contributed by atoms with Crippen molar-refractivity contribution >= 4 is 53.5 Å². The summed E-state index contributed by atoms with van der Waals surface area (Å²) in [5.41, 5.74) is 0.677. The zero-order chi connectivity index (χ0) is 14.2. The number of hydrogen-bond acceptors (Lipinski definition) is 4. The molecular formula is C10H11Br2N3O3S. The number of rotatable bonds is 3. The van der Waals surface area contributed by atoms with E-state index in [2.05, 4.69) is 36.8 Å². The van der Waals surface area contributed by atoms with E-state index < -0.39 is 10.0 Å². The van der Waals surface area contributed by atoms with Crippen LogP contribution in [0.1, 0.15) is 6.42 Å². The van der Waals surface area contributed by atoms with Crippen LogP contribution in [-0.4, -0.2) is 31.6 Å². The molecule has 1 aliphatic rings. The summed E-state index contributed by atoms with van der Waals surface area (Å²) in [4.78, 5) is 17.6. The van der Waals surface area contributed by atoms with Gasteiger partial charge in [-0.15, -0.1) is 0 Å². The summed E-state index contributed by atoms with van der Waals surface area (Å²) < 4.78 is 23.3. The molecule has 2 heterocycles. The largest absolute Gasteiger partial charge is 0.312 e. The number of nitrogens with two attached hydrogens (primary N) is 1. The third kappa shape index (κ3) is 3.98. The fourth-order valence-electron chi connectivity index (χ4n) is 2.08. The van der Waals surface area contributed by atoms with Crippen LogP contribution in [0.25, 0.3) is 0 Å². The number of amides is 1. The summed E-state index contributed by atoms with van der Waals surface area (Å²) in [6, 6.07) is 3.42. The summed E-state index contributed by atoms with van der Waals surface area (Å²) >= 11 is 6.50. The number of primary sulfonamides is 1. The number of hydrogen-bond donors (Lipinski definition) is 1. The molecule has 1 atom stereocenters. The Hall–Kier alpha value is -0.510. The third-order valence-electron chi connectivity index (χ3n) is 2.73. The van der Waals surface area contributed by atoms with Crippen LogP contribution in [0.3, 0.4) is 0 Å². The number of carbonyl (C=O) groups excluding carboxylic acids is 1. The molecule has 6 nitrogen and oxygen atoms in total. The molecular weight excluding hydrogens is 402 g/mol. The van der Waals surface area contributed by atoms with Crippen molar-refractivity contribution in [2.75, 3.05) is 17.2 Å². The molecule has 0 bridgehead atoms. The molecule has 0 aromatic carbocycles. The highest BCUT2D eigenvalue weighted by molar-refractivity contribution is 9.11. The molecule has 2 N–H and O–H groups in total. The third-order valence-corrected chi connectivity index (χ3v) is 4.48. The van der Waals surface area contributed by atoms with E-state index in [0.29, 0.717) is 21.4 Å². The van der Waals surface area contributed by atoms with E-state index in [1.807, 2.05) is 0 Å². The molecule has 9 heteroatoms. The van der Waals surface area contributed by atoms with Gasteiger partial charge in [-0.3, -0.25) is 4.79 Å². The standard InChI is InChI=1S/C10H11Br2N3O3S/c11-8-2-7(3-9(12)14-8)15-4-6(1-10(15)16)5-19(13,17)18/h2-3,6H,1,4-5H2,(H2,13,17,18). The number of carbonyl (C=O) groups is 1. The van der Waals surface area contributed by atoms with Gasteiger partial charge in [0.2, 0.25) is 15.9 Å². The zero-order valence-electron chi connectivity index (χ0n) is 9.71. The molecule has 2 rings (SSSR count). The van der Waals surface area contributed by atoms with Gasteiger partial charge in [-0.25, -0.2) is 18.5 Å². The van der Waals surface area contributed by atoms with Crippen molar-refractivity contribution < 1.29 is 13.2 Å². The molecule has 0 saturated carbocycles. The first-order valence-electron chi connectivity index (χ1n) is 5.38. The lowest BCUT2D eigenvalue weighted by molar-refractivity contribution is -0.117. The van der Waals surface area contributed by atoms with Crippen molar-refractivity contribution in [2.24, 2.45) is 11.1 Å². The van der Waals surface area contributed by atoms with E-state index in [1.54, 1.807) is 17.0 Å².